The molecule has 1 aliphatic carbocycles. The van der Waals surface area contributed by atoms with Gasteiger partial charge in [-0.25, -0.2) is 9.48 Å². The lowest BCUT2D eigenvalue weighted by Gasteiger charge is -2.27. The van der Waals surface area contributed by atoms with Crippen molar-refractivity contribution in [3.63, 3.8) is 0 Å². The predicted octanol–water partition coefficient (Wildman–Crippen LogP) is 2.44. The highest BCUT2D eigenvalue weighted by molar-refractivity contribution is 5.91. The second kappa shape index (κ2) is 5.34. The number of anilines is 1. The zero-order chi connectivity index (χ0) is 14.9. The number of hydrogen-bond acceptors (Lipinski definition) is 3. The number of urea groups is 1. The summed E-state index contributed by atoms with van der Waals surface area (Å²) in [6, 6.07) is 0.0184. The average molecular weight is 280 g/mol. The molecular weight excluding hydrogens is 256 g/mol. The maximum absolute atomic E-state index is 12.2. The van der Waals surface area contributed by atoms with Gasteiger partial charge >= 0.3 is 6.03 Å². The first-order chi connectivity index (χ1) is 9.35. The average Bonchev–Trinajstić information content (AvgIpc) is 2.80. The molecule has 1 atom stereocenters. The molecule has 0 bridgehead atoms. The fraction of sp³-hybridized carbons (Fsp3) is 0.714. The molecule has 6 heteroatoms. The molecule has 20 heavy (non-hydrogen) atoms. The summed E-state index contributed by atoms with van der Waals surface area (Å²) in [7, 11) is 3.36. The van der Waals surface area contributed by atoms with Gasteiger partial charge in [-0.2, -0.15) is 5.10 Å². The summed E-state index contributed by atoms with van der Waals surface area (Å²) in [6.07, 6.45) is 3.34. The Morgan fingerprint density at radius 3 is 2.75 bits per heavy atom. The molecule has 0 aromatic carbocycles. The summed E-state index contributed by atoms with van der Waals surface area (Å²) in [5, 5.41) is 10.2. The quantitative estimate of drug-likeness (QED) is 0.893. The van der Waals surface area contributed by atoms with E-state index in [0.29, 0.717) is 11.6 Å². The van der Waals surface area contributed by atoms with Crippen molar-refractivity contribution in [1.82, 2.24) is 15.1 Å². The van der Waals surface area contributed by atoms with Crippen molar-refractivity contribution < 1.29 is 9.53 Å². The largest absolute Gasteiger partial charge is 0.480 e. The predicted molar refractivity (Wildman–Crippen MR) is 78.1 cm³/mol. The van der Waals surface area contributed by atoms with E-state index in [0.717, 1.165) is 25.0 Å². The fourth-order valence-corrected chi connectivity index (χ4v) is 2.92. The Kier molecular flexibility index (Phi) is 3.92. The van der Waals surface area contributed by atoms with Crippen LogP contribution in [0.25, 0.3) is 0 Å². The summed E-state index contributed by atoms with van der Waals surface area (Å²) >= 11 is 0. The van der Waals surface area contributed by atoms with Gasteiger partial charge in [0.2, 0.25) is 5.88 Å². The number of rotatable bonds is 3. The molecule has 0 saturated heterocycles. The van der Waals surface area contributed by atoms with Crippen molar-refractivity contribution in [2.45, 2.75) is 46.1 Å². The van der Waals surface area contributed by atoms with Crippen LogP contribution in [0, 0.1) is 12.3 Å². The first kappa shape index (κ1) is 14.7. The van der Waals surface area contributed by atoms with Crippen molar-refractivity contribution >= 4 is 11.7 Å². The molecule has 112 valence electrons. The number of nitrogens with one attached hydrogen (secondary N) is 2. The first-order valence-corrected chi connectivity index (χ1v) is 7.00. The molecular formula is C14H24N4O2. The topological polar surface area (TPSA) is 68.2 Å². The highest BCUT2D eigenvalue weighted by Crippen LogP contribution is 2.37. The summed E-state index contributed by atoms with van der Waals surface area (Å²) < 4.78 is 6.88. The smallest absolute Gasteiger partial charge is 0.319 e. The Hall–Kier alpha value is -1.72. The van der Waals surface area contributed by atoms with Gasteiger partial charge in [0.25, 0.3) is 0 Å². The minimum absolute atomic E-state index is 0.158. The molecule has 1 heterocycles. The number of carbonyl (C=O) groups excluding carboxylic acids is 1. The van der Waals surface area contributed by atoms with Gasteiger partial charge in [-0.3, -0.25) is 0 Å². The molecule has 0 radical (unpaired) electrons. The number of aromatic nitrogens is 2. The Morgan fingerprint density at radius 2 is 2.20 bits per heavy atom. The molecule has 6 nitrogen and oxygen atoms in total. The van der Waals surface area contributed by atoms with E-state index in [2.05, 4.69) is 29.6 Å². The van der Waals surface area contributed by atoms with Crippen molar-refractivity contribution in [1.29, 1.82) is 0 Å². The fourth-order valence-electron chi connectivity index (χ4n) is 2.92. The van der Waals surface area contributed by atoms with Gasteiger partial charge in [-0.1, -0.05) is 20.3 Å². The van der Waals surface area contributed by atoms with Crippen molar-refractivity contribution in [2.75, 3.05) is 12.4 Å². The number of carbonyl (C=O) groups is 1. The van der Waals surface area contributed by atoms with Crippen LogP contribution >= 0.6 is 0 Å². The zero-order valence-corrected chi connectivity index (χ0v) is 12.9. The number of amides is 2. The van der Waals surface area contributed by atoms with Crippen LogP contribution in [-0.2, 0) is 7.05 Å². The Balaban J connectivity index is 2.05. The van der Waals surface area contributed by atoms with E-state index in [9.17, 15) is 4.79 Å². The molecule has 2 N–H and O–H groups in total. The molecule has 1 aromatic rings. The second-order valence-corrected chi connectivity index (χ2v) is 6.13. The molecule has 2 rings (SSSR count). The van der Waals surface area contributed by atoms with E-state index in [1.54, 1.807) is 18.8 Å². The van der Waals surface area contributed by atoms with Crippen LogP contribution < -0.4 is 15.4 Å². The molecule has 1 saturated carbocycles. The normalized spacial score (nSPS) is 20.8. The molecule has 1 aromatic heterocycles. The molecule has 0 aliphatic heterocycles. The molecule has 0 spiro atoms. The lowest BCUT2D eigenvalue weighted by molar-refractivity contribution is 0.233. The summed E-state index contributed by atoms with van der Waals surface area (Å²) in [4.78, 5) is 12.2. The van der Waals surface area contributed by atoms with Crippen LogP contribution in [0.15, 0.2) is 0 Å². The van der Waals surface area contributed by atoms with E-state index in [-0.39, 0.29) is 17.5 Å². The van der Waals surface area contributed by atoms with Crippen LogP contribution in [-0.4, -0.2) is 29.0 Å². The standard InChI is InChI=1S/C14H24N4O2/c1-9-11(12(20-5)18(4)17-9)16-13(19)15-10-7-6-8-14(10,2)3/h10H,6-8H2,1-5H3,(H2,15,16,19)/t10-/m0/s1. The van der Waals surface area contributed by atoms with Crippen LogP contribution in [0.1, 0.15) is 38.8 Å². The van der Waals surface area contributed by atoms with E-state index in [1.807, 2.05) is 6.92 Å². The zero-order valence-electron chi connectivity index (χ0n) is 12.9. The Bertz CT molecular complexity index is 508. The van der Waals surface area contributed by atoms with Gasteiger partial charge in [-0.15, -0.1) is 0 Å². The van der Waals surface area contributed by atoms with Crippen LogP contribution in [0.3, 0.4) is 0 Å². The van der Waals surface area contributed by atoms with Crippen LogP contribution in [0.5, 0.6) is 5.88 Å². The van der Waals surface area contributed by atoms with Gasteiger partial charge in [0.15, 0.2) is 0 Å². The summed E-state index contributed by atoms with van der Waals surface area (Å²) in [6.45, 7) is 6.24. The van der Waals surface area contributed by atoms with Crippen molar-refractivity contribution in [2.24, 2.45) is 12.5 Å². The highest BCUT2D eigenvalue weighted by Gasteiger charge is 2.35. The monoisotopic (exact) mass is 280 g/mol. The van der Waals surface area contributed by atoms with Gasteiger partial charge in [0.05, 0.1) is 12.8 Å². The van der Waals surface area contributed by atoms with Gasteiger partial charge < -0.3 is 15.4 Å². The molecule has 1 aliphatic rings. The summed E-state index contributed by atoms with van der Waals surface area (Å²) in [5.41, 5.74) is 1.53. The number of aryl methyl sites for hydroxylation is 2. The first-order valence-electron chi connectivity index (χ1n) is 7.00. The van der Waals surface area contributed by atoms with E-state index < -0.39 is 0 Å². The van der Waals surface area contributed by atoms with Crippen molar-refractivity contribution in [3.05, 3.63) is 5.69 Å². The number of methoxy groups -OCH3 is 1. The Morgan fingerprint density at radius 1 is 1.50 bits per heavy atom. The van der Waals surface area contributed by atoms with Crippen LogP contribution in [0.2, 0.25) is 0 Å². The molecule has 0 unspecified atom stereocenters. The maximum atomic E-state index is 12.2. The third kappa shape index (κ3) is 2.73. The van der Waals surface area contributed by atoms with E-state index >= 15 is 0 Å². The van der Waals surface area contributed by atoms with Gasteiger partial charge in [0.1, 0.15) is 5.69 Å². The number of nitrogens with zero attached hydrogens (tertiary/aromatic N) is 2. The lowest BCUT2D eigenvalue weighted by atomic mass is 9.87. The van der Waals surface area contributed by atoms with Crippen LogP contribution in [0.4, 0.5) is 10.5 Å². The van der Waals surface area contributed by atoms with E-state index in [4.69, 9.17) is 4.74 Å². The van der Waals surface area contributed by atoms with Gasteiger partial charge in [-0.05, 0) is 25.2 Å². The van der Waals surface area contributed by atoms with Gasteiger partial charge in [0, 0.05) is 13.1 Å². The number of ether oxygens (including phenoxy) is 1. The Labute approximate surface area is 119 Å². The molecule has 2 amide bonds. The highest BCUT2D eigenvalue weighted by atomic mass is 16.5. The third-order valence-electron chi connectivity index (χ3n) is 4.16. The lowest BCUT2D eigenvalue weighted by Crippen LogP contribution is -2.43. The van der Waals surface area contributed by atoms with Crippen molar-refractivity contribution in [3.8, 4) is 5.88 Å². The molecule has 1 fully saturated rings. The SMILES string of the molecule is COc1c(NC(=O)N[C@H]2CCCC2(C)C)c(C)nn1C. The number of hydrogen-bond donors (Lipinski definition) is 2. The minimum atomic E-state index is -0.195. The third-order valence-corrected chi connectivity index (χ3v) is 4.16. The minimum Gasteiger partial charge on any atom is -0.480 e. The van der Waals surface area contributed by atoms with E-state index in [1.165, 1.54) is 0 Å². The maximum Gasteiger partial charge on any atom is 0.319 e. The summed E-state index contributed by atoms with van der Waals surface area (Å²) in [5.74, 6) is 0.559. The second-order valence-electron chi connectivity index (χ2n) is 6.13.